The molecule has 1 heterocycles. The van der Waals surface area contributed by atoms with Gasteiger partial charge < -0.3 is 10.6 Å². The van der Waals surface area contributed by atoms with Crippen LogP contribution >= 0.6 is 0 Å². The lowest BCUT2D eigenvalue weighted by Gasteiger charge is -2.28. The highest BCUT2D eigenvalue weighted by molar-refractivity contribution is 5.52. The van der Waals surface area contributed by atoms with E-state index >= 15 is 0 Å². The van der Waals surface area contributed by atoms with Gasteiger partial charge in [-0.1, -0.05) is 19.8 Å². The molecule has 0 radical (unpaired) electrons. The van der Waals surface area contributed by atoms with E-state index in [0.717, 1.165) is 23.6 Å². The first-order valence-electron chi connectivity index (χ1n) is 6.55. The topological polar surface area (TPSA) is 42.1 Å². The fraction of sp³-hybridized carbons (Fsp3) is 0.643. The predicted octanol–water partition coefficient (Wildman–Crippen LogP) is 3.38. The van der Waals surface area contributed by atoms with E-state index in [0.29, 0.717) is 6.04 Å². The predicted molar refractivity (Wildman–Crippen MR) is 75.4 cm³/mol. The lowest BCUT2D eigenvalue weighted by molar-refractivity contribution is 0.620. The van der Waals surface area contributed by atoms with E-state index in [9.17, 15) is 0 Å². The van der Waals surface area contributed by atoms with E-state index in [4.69, 9.17) is 5.73 Å². The molecule has 2 N–H and O–H groups in total. The smallest absolute Gasteiger partial charge is 0.129 e. The van der Waals surface area contributed by atoms with Gasteiger partial charge in [-0.05, 0) is 38.8 Å². The van der Waals surface area contributed by atoms with Crippen LogP contribution in [0.25, 0.3) is 0 Å². The number of nitrogens with two attached hydrogens (primary N) is 1. The molecule has 3 heteroatoms. The molecule has 1 aromatic heterocycles. The largest absolute Gasteiger partial charge is 0.397 e. The zero-order valence-electron chi connectivity index (χ0n) is 11.5. The number of hydrogen-bond donors (Lipinski definition) is 1. The fourth-order valence-electron chi connectivity index (χ4n) is 1.88. The molecule has 0 atom stereocenters. The molecule has 0 saturated carbocycles. The van der Waals surface area contributed by atoms with Crippen LogP contribution in [0.3, 0.4) is 0 Å². The van der Waals surface area contributed by atoms with E-state index in [2.05, 4.69) is 36.7 Å². The highest BCUT2D eigenvalue weighted by Gasteiger charge is 2.12. The summed E-state index contributed by atoms with van der Waals surface area (Å²) < 4.78 is 0. The molecule has 0 unspecified atom stereocenters. The third-order valence-corrected chi connectivity index (χ3v) is 3.06. The van der Waals surface area contributed by atoms with E-state index in [-0.39, 0.29) is 0 Å². The molecule has 17 heavy (non-hydrogen) atoms. The van der Waals surface area contributed by atoms with Crippen molar-refractivity contribution in [2.45, 2.75) is 53.0 Å². The molecule has 0 spiro atoms. The highest BCUT2D eigenvalue weighted by atomic mass is 15.2. The average Bonchev–Trinajstić information content (AvgIpc) is 2.28. The van der Waals surface area contributed by atoms with Crippen LogP contribution in [0.15, 0.2) is 12.3 Å². The van der Waals surface area contributed by atoms with Crippen molar-refractivity contribution in [3.8, 4) is 0 Å². The van der Waals surface area contributed by atoms with Crippen molar-refractivity contribution in [1.29, 1.82) is 0 Å². The summed E-state index contributed by atoms with van der Waals surface area (Å²) in [5, 5.41) is 0. The summed E-state index contributed by atoms with van der Waals surface area (Å²) in [6.45, 7) is 9.75. The summed E-state index contributed by atoms with van der Waals surface area (Å²) in [5.74, 6) is 1.04. The van der Waals surface area contributed by atoms with E-state index in [1.807, 2.05) is 6.92 Å². The molecule has 0 bridgehead atoms. The third-order valence-electron chi connectivity index (χ3n) is 3.06. The van der Waals surface area contributed by atoms with Crippen molar-refractivity contribution in [1.82, 2.24) is 4.98 Å². The Morgan fingerprint density at radius 1 is 1.35 bits per heavy atom. The minimum Gasteiger partial charge on any atom is -0.397 e. The summed E-state index contributed by atoms with van der Waals surface area (Å²) >= 11 is 0. The number of aromatic nitrogens is 1. The molecule has 96 valence electrons. The maximum Gasteiger partial charge on any atom is 0.129 e. The molecule has 0 fully saturated rings. The van der Waals surface area contributed by atoms with Crippen LogP contribution in [0.2, 0.25) is 0 Å². The van der Waals surface area contributed by atoms with Gasteiger partial charge in [-0.3, -0.25) is 0 Å². The Morgan fingerprint density at radius 2 is 2.06 bits per heavy atom. The Balaban J connectivity index is 2.78. The normalized spacial score (nSPS) is 10.9. The molecule has 1 rings (SSSR count). The first-order chi connectivity index (χ1) is 8.06. The van der Waals surface area contributed by atoms with Gasteiger partial charge in [0.05, 0.1) is 11.9 Å². The van der Waals surface area contributed by atoms with Gasteiger partial charge in [-0.25, -0.2) is 4.98 Å². The molecular formula is C14H25N3. The summed E-state index contributed by atoms with van der Waals surface area (Å²) in [6.07, 6.45) is 5.51. The average molecular weight is 235 g/mol. The van der Waals surface area contributed by atoms with Gasteiger partial charge in [0.25, 0.3) is 0 Å². The Morgan fingerprint density at radius 3 is 2.59 bits per heavy atom. The van der Waals surface area contributed by atoms with Crippen molar-refractivity contribution in [2.24, 2.45) is 0 Å². The molecular weight excluding hydrogens is 210 g/mol. The summed E-state index contributed by atoms with van der Waals surface area (Å²) in [5.41, 5.74) is 7.68. The standard InChI is InChI=1S/C14H25N3/c1-5-6-7-8-17(11(2)3)14-9-12(4)13(15)10-16-14/h9-11H,5-8,15H2,1-4H3. The van der Waals surface area contributed by atoms with Crippen molar-refractivity contribution in [3.05, 3.63) is 17.8 Å². The quantitative estimate of drug-likeness (QED) is 0.769. The third kappa shape index (κ3) is 3.91. The SMILES string of the molecule is CCCCCN(c1cc(C)c(N)cn1)C(C)C. The minimum absolute atomic E-state index is 0.474. The van der Waals surface area contributed by atoms with Crippen molar-refractivity contribution < 1.29 is 0 Å². The van der Waals surface area contributed by atoms with Crippen LogP contribution in [-0.4, -0.2) is 17.6 Å². The molecule has 3 nitrogen and oxygen atoms in total. The molecule has 0 aliphatic heterocycles. The van der Waals surface area contributed by atoms with Gasteiger partial charge in [0.2, 0.25) is 0 Å². The first kappa shape index (κ1) is 13.8. The lowest BCUT2D eigenvalue weighted by Crippen LogP contribution is -2.32. The van der Waals surface area contributed by atoms with Crippen LogP contribution in [0, 0.1) is 6.92 Å². The second-order valence-electron chi connectivity index (χ2n) is 4.89. The maximum atomic E-state index is 5.81. The molecule has 0 aliphatic carbocycles. The minimum atomic E-state index is 0.474. The van der Waals surface area contributed by atoms with Crippen molar-refractivity contribution in [3.63, 3.8) is 0 Å². The number of nitrogen functional groups attached to an aromatic ring is 1. The van der Waals surface area contributed by atoms with Gasteiger partial charge in [0.1, 0.15) is 5.82 Å². The summed E-state index contributed by atoms with van der Waals surface area (Å²) in [7, 11) is 0. The van der Waals surface area contributed by atoms with Gasteiger partial charge in [-0.2, -0.15) is 0 Å². The zero-order chi connectivity index (χ0) is 12.8. The van der Waals surface area contributed by atoms with Gasteiger partial charge >= 0.3 is 0 Å². The number of aryl methyl sites for hydroxylation is 1. The number of pyridine rings is 1. The van der Waals surface area contributed by atoms with Gasteiger partial charge in [0, 0.05) is 12.6 Å². The van der Waals surface area contributed by atoms with E-state index in [1.165, 1.54) is 19.3 Å². The van der Waals surface area contributed by atoms with Crippen LogP contribution in [-0.2, 0) is 0 Å². The van der Waals surface area contributed by atoms with Crippen LogP contribution in [0.1, 0.15) is 45.6 Å². The number of hydrogen-bond acceptors (Lipinski definition) is 3. The number of rotatable bonds is 6. The molecule has 0 aliphatic rings. The number of unbranched alkanes of at least 4 members (excludes halogenated alkanes) is 2. The van der Waals surface area contributed by atoms with Crippen molar-refractivity contribution in [2.75, 3.05) is 17.2 Å². The summed E-state index contributed by atoms with van der Waals surface area (Å²) in [4.78, 5) is 6.79. The highest BCUT2D eigenvalue weighted by Crippen LogP contribution is 2.19. The zero-order valence-corrected chi connectivity index (χ0v) is 11.5. The number of anilines is 2. The van der Waals surface area contributed by atoms with Gasteiger partial charge in [0.15, 0.2) is 0 Å². The van der Waals surface area contributed by atoms with Crippen LogP contribution in [0.5, 0.6) is 0 Å². The van der Waals surface area contributed by atoms with E-state index < -0.39 is 0 Å². The Labute approximate surface area is 105 Å². The molecule has 0 saturated heterocycles. The maximum absolute atomic E-state index is 5.81. The van der Waals surface area contributed by atoms with Gasteiger partial charge in [-0.15, -0.1) is 0 Å². The Bertz CT molecular complexity index is 347. The van der Waals surface area contributed by atoms with E-state index in [1.54, 1.807) is 6.20 Å². The second-order valence-corrected chi connectivity index (χ2v) is 4.89. The van der Waals surface area contributed by atoms with Crippen LogP contribution < -0.4 is 10.6 Å². The molecule has 0 amide bonds. The second kappa shape index (κ2) is 6.48. The molecule has 1 aromatic rings. The molecule has 0 aromatic carbocycles. The summed E-state index contributed by atoms with van der Waals surface area (Å²) in [6, 6.07) is 2.56. The van der Waals surface area contributed by atoms with Crippen molar-refractivity contribution >= 4 is 11.5 Å². The lowest BCUT2D eigenvalue weighted by atomic mass is 10.2. The monoisotopic (exact) mass is 235 g/mol. The first-order valence-corrected chi connectivity index (χ1v) is 6.55. The Hall–Kier alpha value is -1.25. The van der Waals surface area contributed by atoms with Crippen LogP contribution in [0.4, 0.5) is 11.5 Å². The Kier molecular flexibility index (Phi) is 5.26. The number of nitrogens with zero attached hydrogens (tertiary/aromatic N) is 2. The fourth-order valence-corrected chi connectivity index (χ4v) is 1.88.